The van der Waals surface area contributed by atoms with Gasteiger partial charge < -0.3 is 4.90 Å². The Balaban J connectivity index is 1.91. The van der Waals surface area contributed by atoms with Gasteiger partial charge in [0.2, 0.25) is 0 Å². The van der Waals surface area contributed by atoms with E-state index < -0.39 is 0 Å². The van der Waals surface area contributed by atoms with Gasteiger partial charge in [0, 0.05) is 25.6 Å². The Kier molecular flexibility index (Phi) is 3.35. The van der Waals surface area contributed by atoms with Crippen LogP contribution in [-0.2, 0) is 6.54 Å². The highest BCUT2D eigenvalue weighted by Gasteiger charge is 2.21. The minimum absolute atomic E-state index is 0.105. The molecule has 0 saturated carbocycles. The number of aromatic nitrogens is 4. The lowest BCUT2D eigenvalue weighted by atomic mass is 10.2. The second kappa shape index (κ2) is 5.32. The molecule has 106 valence electrons. The number of carbonyl (C=O) groups is 1. The van der Waals surface area contributed by atoms with E-state index in [9.17, 15) is 4.79 Å². The third-order valence-corrected chi connectivity index (χ3v) is 3.26. The summed E-state index contributed by atoms with van der Waals surface area (Å²) in [5, 5.41) is 4.31. The fourth-order valence-electron chi connectivity index (χ4n) is 2.24. The molecule has 0 saturated heterocycles. The van der Waals surface area contributed by atoms with Gasteiger partial charge in [-0.2, -0.15) is 5.10 Å². The van der Waals surface area contributed by atoms with Crippen LogP contribution in [0.3, 0.4) is 0 Å². The van der Waals surface area contributed by atoms with Crippen LogP contribution in [0.15, 0.2) is 42.9 Å². The van der Waals surface area contributed by atoms with E-state index in [1.54, 1.807) is 41.1 Å². The van der Waals surface area contributed by atoms with Gasteiger partial charge in [-0.1, -0.05) is 6.07 Å². The lowest BCUT2D eigenvalue weighted by Crippen LogP contribution is -2.27. The van der Waals surface area contributed by atoms with Crippen LogP contribution in [0.5, 0.6) is 0 Å². The van der Waals surface area contributed by atoms with Gasteiger partial charge in [-0.15, -0.1) is 0 Å². The van der Waals surface area contributed by atoms with Crippen molar-refractivity contribution in [2.75, 3.05) is 7.05 Å². The number of pyridine rings is 1. The van der Waals surface area contributed by atoms with Crippen molar-refractivity contribution >= 4 is 11.6 Å². The minimum Gasteiger partial charge on any atom is -0.336 e. The van der Waals surface area contributed by atoms with E-state index in [1.807, 2.05) is 25.1 Å². The second-order valence-electron chi connectivity index (χ2n) is 4.83. The van der Waals surface area contributed by atoms with Gasteiger partial charge in [-0.3, -0.25) is 9.78 Å². The molecule has 3 aromatic heterocycles. The molecule has 3 rings (SSSR count). The third kappa shape index (κ3) is 2.47. The monoisotopic (exact) mass is 281 g/mol. The average Bonchev–Trinajstić information content (AvgIpc) is 2.83. The molecule has 0 bridgehead atoms. The van der Waals surface area contributed by atoms with Crippen molar-refractivity contribution in [3.05, 3.63) is 59.8 Å². The summed E-state index contributed by atoms with van der Waals surface area (Å²) in [5.41, 5.74) is 2.63. The van der Waals surface area contributed by atoms with Gasteiger partial charge in [0.15, 0.2) is 5.65 Å². The second-order valence-corrected chi connectivity index (χ2v) is 4.83. The minimum atomic E-state index is -0.105. The van der Waals surface area contributed by atoms with Crippen molar-refractivity contribution in [2.45, 2.75) is 13.5 Å². The highest BCUT2D eigenvalue weighted by atomic mass is 16.2. The first kappa shape index (κ1) is 13.2. The molecule has 0 aliphatic heterocycles. The number of amides is 1. The zero-order valence-corrected chi connectivity index (χ0v) is 11.9. The fourth-order valence-corrected chi connectivity index (χ4v) is 2.24. The first-order valence-corrected chi connectivity index (χ1v) is 6.62. The maximum atomic E-state index is 12.6. The fraction of sp³-hybridized carbons (Fsp3) is 0.200. The molecule has 0 aliphatic carbocycles. The molecule has 21 heavy (non-hydrogen) atoms. The summed E-state index contributed by atoms with van der Waals surface area (Å²) >= 11 is 0. The summed E-state index contributed by atoms with van der Waals surface area (Å²) in [7, 11) is 1.75. The van der Waals surface area contributed by atoms with Gasteiger partial charge >= 0.3 is 0 Å². The van der Waals surface area contributed by atoms with E-state index >= 15 is 0 Å². The Bertz CT molecular complexity index is 781. The van der Waals surface area contributed by atoms with Crippen LogP contribution in [-0.4, -0.2) is 37.4 Å². The predicted molar refractivity (Wildman–Crippen MR) is 77.8 cm³/mol. The molecule has 0 atom stereocenters. The van der Waals surface area contributed by atoms with Crippen molar-refractivity contribution in [1.29, 1.82) is 0 Å². The van der Waals surface area contributed by atoms with E-state index in [0.29, 0.717) is 23.4 Å². The third-order valence-electron chi connectivity index (χ3n) is 3.26. The molecular formula is C15H15N5O. The molecule has 0 N–H and O–H groups in total. The highest BCUT2D eigenvalue weighted by molar-refractivity contribution is 6.00. The summed E-state index contributed by atoms with van der Waals surface area (Å²) in [4.78, 5) is 22.8. The van der Waals surface area contributed by atoms with Crippen LogP contribution in [0, 0.1) is 6.92 Å². The number of nitrogens with zero attached hydrogens (tertiary/aromatic N) is 5. The first-order chi connectivity index (χ1) is 10.2. The molecular weight excluding hydrogens is 266 g/mol. The number of hydrogen-bond acceptors (Lipinski definition) is 4. The van der Waals surface area contributed by atoms with Gasteiger partial charge in [-0.25, -0.2) is 9.50 Å². The molecule has 0 aliphatic rings. The molecule has 6 nitrogen and oxygen atoms in total. The molecule has 6 heteroatoms. The largest absolute Gasteiger partial charge is 0.336 e. The summed E-state index contributed by atoms with van der Waals surface area (Å²) in [5.74, 6) is -0.105. The number of carbonyl (C=O) groups excluding carboxylic acids is 1. The summed E-state index contributed by atoms with van der Waals surface area (Å²) < 4.78 is 1.62. The Morgan fingerprint density at radius 3 is 2.81 bits per heavy atom. The lowest BCUT2D eigenvalue weighted by Gasteiger charge is -2.16. The Hall–Kier alpha value is -2.76. The molecule has 0 radical (unpaired) electrons. The standard InChI is InChI=1S/C15H15N5O/c1-11-13(14-17-8-5-9-20(14)18-11)15(21)19(2)10-12-6-3-4-7-16-12/h3-9H,10H2,1-2H3. The maximum Gasteiger partial charge on any atom is 0.259 e. The van der Waals surface area contributed by atoms with Gasteiger partial charge in [0.05, 0.1) is 17.9 Å². The van der Waals surface area contributed by atoms with Gasteiger partial charge in [0.25, 0.3) is 5.91 Å². The topological polar surface area (TPSA) is 63.4 Å². The molecule has 0 spiro atoms. The Morgan fingerprint density at radius 1 is 1.24 bits per heavy atom. The lowest BCUT2D eigenvalue weighted by molar-refractivity contribution is 0.0784. The van der Waals surface area contributed by atoms with Crippen LogP contribution in [0.4, 0.5) is 0 Å². The van der Waals surface area contributed by atoms with E-state index in [0.717, 1.165) is 5.69 Å². The average molecular weight is 281 g/mol. The van der Waals surface area contributed by atoms with Crippen molar-refractivity contribution in [1.82, 2.24) is 24.5 Å². The molecule has 0 aromatic carbocycles. The summed E-state index contributed by atoms with van der Waals surface area (Å²) in [6.07, 6.45) is 5.16. The zero-order valence-electron chi connectivity index (χ0n) is 11.9. The Morgan fingerprint density at radius 2 is 2.05 bits per heavy atom. The van der Waals surface area contributed by atoms with Crippen molar-refractivity contribution in [2.24, 2.45) is 0 Å². The smallest absolute Gasteiger partial charge is 0.259 e. The summed E-state index contributed by atoms with van der Waals surface area (Å²) in [6.45, 7) is 2.26. The van der Waals surface area contributed by atoms with Crippen LogP contribution >= 0.6 is 0 Å². The van der Waals surface area contributed by atoms with E-state index in [4.69, 9.17) is 0 Å². The zero-order chi connectivity index (χ0) is 14.8. The number of aryl methyl sites for hydroxylation is 1. The molecule has 1 amide bonds. The van der Waals surface area contributed by atoms with E-state index in [1.165, 1.54) is 0 Å². The molecule has 3 aromatic rings. The van der Waals surface area contributed by atoms with Crippen molar-refractivity contribution < 1.29 is 4.79 Å². The predicted octanol–water partition coefficient (Wildman–Crippen LogP) is 1.70. The van der Waals surface area contributed by atoms with Crippen LogP contribution in [0.25, 0.3) is 5.65 Å². The highest BCUT2D eigenvalue weighted by Crippen LogP contribution is 2.15. The van der Waals surface area contributed by atoms with Crippen molar-refractivity contribution in [3.8, 4) is 0 Å². The number of rotatable bonds is 3. The van der Waals surface area contributed by atoms with Crippen LogP contribution in [0.1, 0.15) is 21.7 Å². The van der Waals surface area contributed by atoms with Gasteiger partial charge in [-0.05, 0) is 25.1 Å². The summed E-state index contributed by atoms with van der Waals surface area (Å²) in [6, 6.07) is 7.43. The van der Waals surface area contributed by atoms with E-state index in [2.05, 4.69) is 15.1 Å². The first-order valence-electron chi connectivity index (χ1n) is 6.62. The van der Waals surface area contributed by atoms with Crippen LogP contribution in [0.2, 0.25) is 0 Å². The normalized spacial score (nSPS) is 10.8. The number of fused-ring (bicyclic) bond motifs is 1. The number of hydrogen-bond donors (Lipinski definition) is 0. The molecule has 0 fully saturated rings. The van der Waals surface area contributed by atoms with E-state index in [-0.39, 0.29) is 5.91 Å². The maximum absolute atomic E-state index is 12.6. The van der Waals surface area contributed by atoms with Gasteiger partial charge in [0.1, 0.15) is 5.56 Å². The molecule has 0 unspecified atom stereocenters. The molecule has 3 heterocycles. The SMILES string of the molecule is Cc1nn2cccnc2c1C(=O)N(C)Cc1ccccn1. The Labute approximate surface area is 122 Å². The van der Waals surface area contributed by atoms with Crippen LogP contribution < -0.4 is 0 Å². The quantitative estimate of drug-likeness (QED) is 0.733. The van der Waals surface area contributed by atoms with Crippen molar-refractivity contribution in [3.63, 3.8) is 0 Å².